The van der Waals surface area contributed by atoms with Crippen LogP contribution in [0.15, 0.2) is 57.7 Å². The second kappa shape index (κ2) is 4.17. The number of fused-ring (bicyclic) bond motifs is 1. The van der Waals surface area contributed by atoms with E-state index in [1.165, 1.54) is 24.3 Å². The fourth-order valence-electron chi connectivity index (χ4n) is 2.00. The average Bonchev–Trinajstić information content (AvgIpc) is 2.39. The molecule has 0 spiro atoms. The highest BCUT2D eigenvalue weighted by Crippen LogP contribution is 2.29. The van der Waals surface area contributed by atoms with Gasteiger partial charge in [0.15, 0.2) is 0 Å². The smallest absolute Gasteiger partial charge is 0.344 e. The van der Waals surface area contributed by atoms with Gasteiger partial charge in [-0.1, -0.05) is 18.2 Å². The molecule has 2 aromatic carbocycles. The van der Waals surface area contributed by atoms with Crippen LogP contribution in [0.3, 0.4) is 0 Å². The summed E-state index contributed by atoms with van der Waals surface area (Å²) in [5.41, 5.74) is 0.527. The molecule has 19 heavy (non-hydrogen) atoms. The first-order valence-electron chi connectivity index (χ1n) is 5.70. The second-order valence-corrected chi connectivity index (χ2v) is 4.19. The number of phenols is 2. The van der Waals surface area contributed by atoms with Gasteiger partial charge in [0.2, 0.25) is 0 Å². The van der Waals surface area contributed by atoms with Crippen LogP contribution in [-0.4, -0.2) is 10.2 Å². The quantitative estimate of drug-likeness (QED) is 0.655. The van der Waals surface area contributed by atoms with Crippen molar-refractivity contribution in [1.29, 1.82) is 0 Å². The molecule has 2 N–H and O–H groups in total. The molecule has 0 amide bonds. The first kappa shape index (κ1) is 11.3. The Morgan fingerprint density at radius 1 is 0.895 bits per heavy atom. The number of phenolic OH excluding ortho intramolecular Hbond substituents is 2. The van der Waals surface area contributed by atoms with Crippen LogP contribution in [0, 0.1) is 0 Å². The Labute approximate surface area is 108 Å². The van der Waals surface area contributed by atoms with E-state index < -0.39 is 5.63 Å². The summed E-state index contributed by atoms with van der Waals surface area (Å²) >= 11 is 0. The zero-order chi connectivity index (χ0) is 13.4. The van der Waals surface area contributed by atoms with Crippen molar-refractivity contribution in [3.05, 3.63) is 59.0 Å². The third kappa shape index (κ3) is 1.93. The molecule has 0 atom stereocenters. The summed E-state index contributed by atoms with van der Waals surface area (Å²) in [6.07, 6.45) is 0. The summed E-state index contributed by atoms with van der Waals surface area (Å²) in [5.74, 6) is 0.0962. The van der Waals surface area contributed by atoms with Gasteiger partial charge in [-0.2, -0.15) is 0 Å². The Hall–Kier alpha value is -2.75. The lowest BCUT2D eigenvalue weighted by molar-refractivity contribution is 0.475. The monoisotopic (exact) mass is 254 g/mol. The molecular formula is C15H10O4. The molecule has 4 heteroatoms. The summed E-state index contributed by atoms with van der Waals surface area (Å²) in [7, 11) is 0. The van der Waals surface area contributed by atoms with Crippen molar-refractivity contribution in [1.82, 2.24) is 0 Å². The molecule has 3 aromatic rings. The molecule has 0 aliphatic carbocycles. The van der Waals surface area contributed by atoms with Gasteiger partial charge in [0, 0.05) is 10.9 Å². The number of para-hydroxylation sites is 1. The molecule has 0 radical (unpaired) electrons. The highest BCUT2D eigenvalue weighted by molar-refractivity contribution is 5.83. The van der Waals surface area contributed by atoms with Crippen molar-refractivity contribution in [2.24, 2.45) is 0 Å². The molecule has 4 nitrogen and oxygen atoms in total. The van der Waals surface area contributed by atoms with Gasteiger partial charge < -0.3 is 14.6 Å². The van der Waals surface area contributed by atoms with E-state index in [1.54, 1.807) is 24.3 Å². The molecule has 3 rings (SSSR count). The summed E-state index contributed by atoms with van der Waals surface area (Å²) in [5, 5.41) is 19.8. The molecule has 0 bridgehead atoms. The van der Waals surface area contributed by atoms with Crippen LogP contribution in [0.2, 0.25) is 0 Å². The predicted octanol–water partition coefficient (Wildman–Crippen LogP) is 2.87. The van der Waals surface area contributed by atoms with Gasteiger partial charge >= 0.3 is 5.63 Å². The third-order valence-electron chi connectivity index (χ3n) is 2.91. The maximum absolute atomic E-state index is 11.9. The molecule has 0 aliphatic heterocycles. The number of hydrogen-bond acceptors (Lipinski definition) is 4. The average molecular weight is 254 g/mol. The Balaban J connectivity index is 2.33. The van der Waals surface area contributed by atoms with E-state index >= 15 is 0 Å². The normalized spacial score (nSPS) is 10.7. The van der Waals surface area contributed by atoms with Gasteiger partial charge in [-0.15, -0.1) is 0 Å². The molecule has 0 saturated carbocycles. The summed E-state index contributed by atoms with van der Waals surface area (Å²) < 4.78 is 5.18. The molecule has 94 valence electrons. The fraction of sp³-hybridized carbons (Fsp3) is 0. The van der Waals surface area contributed by atoms with Crippen LogP contribution in [-0.2, 0) is 0 Å². The Morgan fingerprint density at radius 3 is 2.47 bits per heavy atom. The van der Waals surface area contributed by atoms with Gasteiger partial charge in [0.1, 0.15) is 17.1 Å². The lowest BCUT2D eigenvalue weighted by atomic mass is 10.1. The minimum Gasteiger partial charge on any atom is -0.508 e. The molecule has 0 saturated heterocycles. The van der Waals surface area contributed by atoms with Crippen molar-refractivity contribution in [2.75, 3.05) is 0 Å². The van der Waals surface area contributed by atoms with E-state index in [0.717, 1.165) is 0 Å². The lowest BCUT2D eigenvalue weighted by Crippen LogP contribution is -2.02. The maximum atomic E-state index is 11.9. The van der Waals surface area contributed by atoms with E-state index in [2.05, 4.69) is 0 Å². The fourth-order valence-corrected chi connectivity index (χ4v) is 2.00. The Kier molecular flexibility index (Phi) is 2.49. The Bertz CT molecular complexity index is 818. The molecule has 0 aliphatic rings. The number of aromatic hydroxyl groups is 2. The van der Waals surface area contributed by atoms with Crippen LogP contribution < -0.4 is 5.63 Å². The summed E-state index contributed by atoms with van der Waals surface area (Å²) in [6.45, 7) is 0. The highest BCUT2D eigenvalue weighted by atomic mass is 16.4. The molecular weight excluding hydrogens is 244 g/mol. The van der Waals surface area contributed by atoms with Gasteiger partial charge in [-0.25, -0.2) is 4.79 Å². The highest BCUT2D eigenvalue weighted by Gasteiger charge is 2.11. The van der Waals surface area contributed by atoms with E-state index in [-0.39, 0.29) is 17.1 Å². The topological polar surface area (TPSA) is 70.7 Å². The van der Waals surface area contributed by atoms with E-state index in [4.69, 9.17) is 4.42 Å². The van der Waals surface area contributed by atoms with Crippen molar-refractivity contribution >= 4 is 11.0 Å². The van der Waals surface area contributed by atoms with Crippen LogP contribution >= 0.6 is 0 Å². The zero-order valence-corrected chi connectivity index (χ0v) is 9.83. The van der Waals surface area contributed by atoms with E-state index in [9.17, 15) is 15.0 Å². The van der Waals surface area contributed by atoms with Crippen LogP contribution in [0.1, 0.15) is 0 Å². The van der Waals surface area contributed by atoms with E-state index in [1.807, 2.05) is 0 Å². The van der Waals surface area contributed by atoms with Gasteiger partial charge in [0.05, 0.1) is 5.56 Å². The Morgan fingerprint density at radius 2 is 1.68 bits per heavy atom. The number of rotatable bonds is 1. The van der Waals surface area contributed by atoms with E-state index in [0.29, 0.717) is 16.5 Å². The number of hydrogen-bond donors (Lipinski definition) is 2. The predicted molar refractivity (Wildman–Crippen MR) is 71.2 cm³/mol. The van der Waals surface area contributed by atoms with Crippen LogP contribution in [0.5, 0.6) is 11.5 Å². The number of benzene rings is 2. The molecule has 1 heterocycles. The maximum Gasteiger partial charge on any atom is 0.344 e. The standard InChI is InChI=1S/C15H10O4/c16-10-5-6-14-9(7-10)8-12(15(18)19-14)11-3-1-2-4-13(11)17/h1-8,16-17H. The van der Waals surface area contributed by atoms with Crippen molar-refractivity contribution in [3.63, 3.8) is 0 Å². The SMILES string of the molecule is O=c1oc2ccc(O)cc2cc1-c1ccccc1O. The minimum absolute atomic E-state index is 0.00861. The molecule has 0 unspecified atom stereocenters. The first-order chi connectivity index (χ1) is 9.15. The largest absolute Gasteiger partial charge is 0.508 e. The molecule has 0 fully saturated rings. The van der Waals surface area contributed by atoms with Crippen LogP contribution in [0.25, 0.3) is 22.1 Å². The second-order valence-electron chi connectivity index (χ2n) is 4.19. The van der Waals surface area contributed by atoms with Gasteiger partial charge in [-0.05, 0) is 30.3 Å². The van der Waals surface area contributed by atoms with Crippen LogP contribution in [0.4, 0.5) is 0 Å². The lowest BCUT2D eigenvalue weighted by Gasteiger charge is -2.04. The summed E-state index contributed by atoms with van der Waals surface area (Å²) in [4.78, 5) is 11.9. The van der Waals surface area contributed by atoms with Crippen molar-refractivity contribution in [2.45, 2.75) is 0 Å². The third-order valence-corrected chi connectivity index (χ3v) is 2.91. The summed E-state index contributed by atoms with van der Waals surface area (Å²) in [6, 6.07) is 12.6. The van der Waals surface area contributed by atoms with Gasteiger partial charge in [0.25, 0.3) is 0 Å². The van der Waals surface area contributed by atoms with Crippen molar-refractivity contribution in [3.8, 4) is 22.6 Å². The zero-order valence-electron chi connectivity index (χ0n) is 9.83. The minimum atomic E-state index is -0.528. The molecule has 1 aromatic heterocycles. The van der Waals surface area contributed by atoms with Gasteiger partial charge in [-0.3, -0.25) is 0 Å². The first-order valence-corrected chi connectivity index (χ1v) is 5.70. The van der Waals surface area contributed by atoms with Crippen molar-refractivity contribution < 1.29 is 14.6 Å².